The van der Waals surface area contributed by atoms with Gasteiger partial charge in [-0.25, -0.2) is 0 Å². The third kappa shape index (κ3) is 2.61. The second kappa shape index (κ2) is 5.77. The van der Waals surface area contributed by atoms with Gasteiger partial charge in [0, 0.05) is 14.7 Å². The highest BCUT2D eigenvalue weighted by molar-refractivity contribution is 14.1. The van der Waals surface area contributed by atoms with Crippen LogP contribution in [0.1, 0.15) is 0 Å². The Labute approximate surface area is 136 Å². The fourth-order valence-corrected chi connectivity index (χ4v) is 2.57. The molecule has 0 radical (unpaired) electrons. The topological polar surface area (TPSA) is 61.3 Å². The molecule has 3 rings (SSSR count). The molecule has 106 valence electrons. The van der Waals surface area contributed by atoms with E-state index in [1.54, 1.807) is 7.11 Å². The number of rotatable bonds is 3. The van der Waals surface area contributed by atoms with Crippen LogP contribution in [0.2, 0.25) is 0 Å². The molecule has 0 fully saturated rings. The molecule has 1 heterocycles. The minimum absolute atomic E-state index is 0.355. The van der Waals surface area contributed by atoms with Crippen LogP contribution in [0.5, 0.6) is 5.75 Å². The van der Waals surface area contributed by atoms with Crippen LogP contribution in [0, 0.1) is 3.57 Å². The van der Waals surface area contributed by atoms with Crippen molar-refractivity contribution in [1.82, 2.24) is 5.16 Å². The van der Waals surface area contributed by atoms with E-state index in [0.29, 0.717) is 11.6 Å². The van der Waals surface area contributed by atoms with E-state index in [0.717, 1.165) is 26.0 Å². The number of hydrogen-bond donors (Lipinski definition) is 1. The van der Waals surface area contributed by atoms with Crippen LogP contribution < -0.4 is 10.5 Å². The van der Waals surface area contributed by atoms with E-state index >= 15 is 0 Å². The molecule has 0 aliphatic heterocycles. The van der Waals surface area contributed by atoms with Crippen molar-refractivity contribution in [2.75, 3.05) is 12.8 Å². The van der Waals surface area contributed by atoms with Gasteiger partial charge in [-0.15, -0.1) is 0 Å². The van der Waals surface area contributed by atoms with Crippen LogP contribution in [-0.4, -0.2) is 12.3 Å². The highest BCUT2D eigenvalue weighted by Crippen LogP contribution is 2.40. The SMILES string of the molecule is COc1ccccc1-c1c(N)noc1-c1ccc(I)cc1. The van der Waals surface area contributed by atoms with Crippen LogP contribution in [0.4, 0.5) is 5.82 Å². The van der Waals surface area contributed by atoms with Crippen molar-refractivity contribution >= 4 is 28.4 Å². The Morgan fingerprint density at radius 3 is 2.52 bits per heavy atom. The molecule has 0 aliphatic rings. The van der Waals surface area contributed by atoms with Crippen molar-refractivity contribution in [3.05, 3.63) is 52.1 Å². The van der Waals surface area contributed by atoms with E-state index in [1.807, 2.05) is 48.5 Å². The Hall–Kier alpha value is -2.02. The first kappa shape index (κ1) is 13.9. The normalized spacial score (nSPS) is 10.6. The van der Waals surface area contributed by atoms with Gasteiger partial charge in [0.25, 0.3) is 0 Å². The summed E-state index contributed by atoms with van der Waals surface area (Å²) < 4.78 is 12.0. The lowest BCUT2D eigenvalue weighted by molar-refractivity contribution is 0.416. The lowest BCUT2D eigenvalue weighted by atomic mass is 10.0. The molecule has 2 N–H and O–H groups in total. The van der Waals surface area contributed by atoms with E-state index in [4.69, 9.17) is 15.0 Å². The quantitative estimate of drug-likeness (QED) is 0.679. The van der Waals surface area contributed by atoms with Crippen molar-refractivity contribution in [2.45, 2.75) is 0 Å². The van der Waals surface area contributed by atoms with Crippen molar-refractivity contribution in [2.24, 2.45) is 0 Å². The molecular weight excluding hydrogens is 379 g/mol. The average Bonchev–Trinajstić information content (AvgIpc) is 2.89. The maximum absolute atomic E-state index is 6.00. The maximum Gasteiger partial charge on any atom is 0.177 e. The van der Waals surface area contributed by atoms with Crippen molar-refractivity contribution < 1.29 is 9.26 Å². The number of aromatic nitrogens is 1. The van der Waals surface area contributed by atoms with Crippen LogP contribution in [0.15, 0.2) is 53.1 Å². The zero-order valence-electron chi connectivity index (χ0n) is 11.3. The van der Waals surface area contributed by atoms with E-state index < -0.39 is 0 Å². The van der Waals surface area contributed by atoms with Gasteiger partial charge in [-0.2, -0.15) is 0 Å². The Morgan fingerprint density at radius 1 is 1.10 bits per heavy atom. The van der Waals surface area contributed by atoms with E-state index in [1.165, 1.54) is 0 Å². The molecule has 0 spiro atoms. The summed E-state index contributed by atoms with van der Waals surface area (Å²) in [4.78, 5) is 0. The van der Waals surface area contributed by atoms with E-state index in [-0.39, 0.29) is 0 Å². The Morgan fingerprint density at radius 2 is 1.81 bits per heavy atom. The molecule has 0 bridgehead atoms. The van der Waals surface area contributed by atoms with Gasteiger partial charge in [0.05, 0.1) is 12.7 Å². The van der Waals surface area contributed by atoms with Crippen molar-refractivity contribution in [3.63, 3.8) is 0 Å². The predicted molar refractivity (Wildman–Crippen MR) is 91.1 cm³/mol. The fraction of sp³-hybridized carbons (Fsp3) is 0.0625. The van der Waals surface area contributed by atoms with Crippen molar-refractivity contribution in [1.29, 1.82) is 0 Å². The van der Waals surface area contributed by atoms with Crippen LogP contribution >= 0.6 is 22.6 Å². The fourth-order valence-electron chi connectivity index (χ4n) is 2.21. The minimum atomic E-state index is 0.355. The lowest BCUT2D eigenvalue weighted by Gasteiger charge is -2.08. The average molecular weight is 392 g/mol. The highest BCUT2D eigenvalue weighted by Gasteiger charge is 2.20. The first-order valence-electron chi connectivity index (χ1n) is 6.35. The summed E-state index contributed by atoms with van der Waals surface area (Å²) in [5.74, 6) is 1.74. The van der Waals surface area contributed by atoms with Gasteiger partial charge in [-0.1, -0.05) is 35.5 Å². The summed E-state index contributed by atoms with van der Waals surface area (Å²) in [7, 11) is 1.63. The monoisotopic (exact) mass is 392 g/mol. The van der Waals surface area contributed by atoms with Gasteiger partial charge < -0.3 is 15.0 Å². The Bertz CT molecular complexity index is 766. The van der Waals surface area contributed by atoms with Gasteiger partial charge in [0.2, 0.25) is 0 Å². The first-order chi connectivity index (χ1) is 10.2. The van der Waals surface area contributed by atoms with Crippen LogP contribution in [0.25, 0.3) is 22.5 Å². The number of nitrogens with zero attached hydrogens (tertiary/aromatic N) is 1. The predicted octanol–water partition coefficient (Wildman–Crippen LogP) is 4.20. The van der Waals surface area contributed by atoms with Gasteiger partial charge >= 0.3 is 0 Å². The molecule has 3 aromatic rings. The summed E-state index contributed by atoms with van der Waals surface area (Å²) in [6.07, 6.45) is 0. The standard InChI is InChI=1S/C16H13IN2O2/c1-20-13-5-3-2-4-12(13)14-15(21-19-16(14)18)10-6-8-11(17)9-7-10/h2-9H,1H3,(H2,18,19). The zero-order chi connectivity index (χ0) is 14.8. The number of benzene rings is 2. The van der Waals surface area contributed by atoms with E-state index in [2.05, 4.69) is 27.7 Å². The molecule has 21 heavy (non-hydrogen) atoms. The molecule has 2 aromatic carbocycles. The number of nitrogens with two attached hydrogens (primary N) is 1. The van der Waals surface area contributed by atoms with Crippen molar-refractivity contribution in [3.8, 4) is 28.2 Å². The molecule has 0 unspecified atom stereocenters. The van der Waals surface area contributed by atoms with Gasteiger partial charge in [-0.3, -0.25) is 0 Å². The summed E-state index contributed by atoms with van der Waals surface area (Å²) in [6, 6.07) is 15.7. The molecule has 0 atom stereocenters. The maximum atomic E-state index is 6.00. The molecule has 0 amide bonds. The van der Waals surface area contributed by atoms with Gasteiger partial charge in [0.1, 0.15) is 5.75 Å². The number of ether oxygens (including phenoxy) is 1. The minimum Gasteiger partial charge on any atom is -0.496 e. The largest absolute Gasteiger partial charge is 0.496 e. The van der Waals surface area contributed by atoms with E-state index in [9.17, 15) is 0 Å². The Kier molecular flexibility index (Phi) is 3.83. The molecule has 5 heteroatoms. The van der Waals surface area contributed by atoms with Gasteiger partial charge in [0.15, 0.2) is 11.6 Å². The number of hydrogen-bond acceptors (Lipinski definition) is 4. The Balaban J connectivity index is 2.20. The number of nitrogen functional groups attached to an aromatic ring is 1. The summed E-state index contributed by atoms with van der Waals surface area (Å²) >= 11 is 2.26. The summed E-state index contributed by atoms with van der Waals surface area (Å²) in [5.41, 5.74) is 8.56. The second-order valence-electron chi connectivity index (χ2n) is 4.48. The highest BCUT2D eigenvalue weighted by atomic mass is 127. The molecular formula is C16H13IN2O2. The first-order valence-corrected chi connectivity index (χ1v) is 7.43. The van der Waals surface area contributed by atoms with Gasteiger partial charge in [-0.05, 0) is 40.8 Å². The number of halogens is 1. The molecule has 0 saturated carbocycles. The molecule has 0 saturated heterocycles. The summed E-state index contributed by atoms with van der Waals surface area (Å²) in [5, 5.41) is 3.91. The third-order valence-corrected chi connectivity index (χ3v) is 3.92. The molecule has 4 nitrogen and oxygen atoms in total. The molecule has 1 aromatic heterocycles. The smallest absolute Gasteiger partial charge is 0.177 e. The second-order valence-corrected chi connectivity index (χ2v) is 5.72. The number of para-hydroxylation sites is 1. The zero-order valence-corrected chi connectivity index (χ0v) is 13.5. The van der Waals surface area contributed by atoms with Crippen LogP contribution in [-0.2, 0) is 0 Å². The molecule has 0 aliphatic carbocycles. The van der Waals surface area contributed by atoms with Crippen LogP contribution in [0.3, 0.4) is 0 Å². The third-order valence-electron chi connectivity index (χ3n) is 3.20. The number of methoxy groups -OCH3 is 1. The number of anilines is 1. The summed E-state index contributed by atoms with van der Waals surface area (Å²) in [6.45, 7) is 0. The lowest BCUT2D eigenvalue weighted by Crippen LogP contribution is -1.92.